The summed E-state index contributed by atoms with van der Waals surface area (Å²) < 4.78 is 6.08. The lowest BCUT2D eigenvalue weighted by molar-refractivity contribution is -0.118. The van der Waals surface area contributed by atoms with Crippen LogP contribution in [0.1, 0.15) is 25.7 Å². The van der Waals surface area contributed by atoms with E-state index < -0.39 is 0 Å². The van der Waals surface area contributed by atoms with E-state index in [1.54, 1.807) is 7.11 Å². The van der Waals surface area contributed by atoms with Gasteiger partial charge in [0.1, 0.15) is 0 Å². The van der Waals surface area contributed by atoms with Gasteiger partial charge < -0.3 is 10.1 Å². The lowest BCUT2D eigenvalue weighted by atomic mass is 10.00. The van der Waals surface area contributed by atoms with Crippen LogP contribution in [-0.2, 0) is 9.53 Å². The van der Waals surface area contributed by atoms with Crippen LogP contribution < -0.4 is 5.32 Å². The first-order valence-electron chi connectivity index (χ1n) is 7.98. The Bertz CT molecular complexity index is 501. The quantitative estimate of drug-likeness (QED) is 0.638. The fourth-order valence-corrected chi connectivity index (χ4v) is 6.01. The molecular weight excluding hydrogens is 394 g/mol. The number of methoxy groups -OCH3 is 1. The number of thioether (sulfide) groups is 2. The van der Waals surface area contributed by atoms with Crippen molar-refractivity contribution >= 4 is 45.4 Å². The second kappa shape index (κ2) is 10.6. The van der Waals surface area contributed by atoms with Gasteiger partial charge >= 0.3 is 0 Å². The molecule has 0 aromatic heterocycles. The Kier molecular flexibility index (Phi) is 8.87. The summed E-state index contributed by atoms with van der Waals surface area (Å²) in [5, 5.41) is 4.05. The van der Waals surface area contributed by atoms with Crippen LogP contribution in [0.3, 0.4) is 0 Å². The van der Waals surface area contributed by atoms with Gasteiger partial charge in [0, 0.05) is 33.5 Å². The first-order valence-corrected chi connectivity index (χ1v) is 10.7. The van der Waals surface area contributed by atoms with Crippen LogP contribution in [0.5, 0.6) is 0 Å². The molecule has 1 fully saturated rings. The molecule has 23 heavy (non-hydrogen) atoms. The van der Waals surface area contributed by atoms with E-state index in [4.69, 9.17) is 4.74 Å². The van der Waals surface area contributed by atoms with E-state index in [2.05, 4.69) is 45.5 Å². The third-order valence-corrected chi connectivity index (χ3v) is 7.26. The van der Waals surface area contributed by atoms with Crippen molar-refractivity contribution in [1.82, 2.24) is 5.32 Å². The van der Waals surface area contributed by atoms with Gasteiger partial charge in [-0.15, -0.1) is 23.5 Å². The molecule has 0 heterocycles. The Labute approximate surface area is 155 Å². The Morgan fingerprint density at radius 1 is 1.35 bits per heavy atom. The van der Waals surface area contributed by atoms with Crippen molar-refractivity contribution in [2.75, 3.05) is 26.0 Å². The molecule has 1 N–H and O–H groups in total. The van der Waals surface area contributed by atoms with Crippen molar-refractivity contribution in [2.45, 2.75) is 41.1 Å². The molecule has 1 amide bonds. The van der Waals surface area contributed by atoms with Gasteiger partial charge in [-0.1, -0.05) is 34.8 Å². The number of nitrogens with one attached hydrogen (secondary N) is 1. The van der Waals surface area contributed by atoms with Crippen molar-refractivity contribution in [1.29, 1.82) is 0 Å². The average molecular weight is 418 g/mol. The molecule has 1 saturated carbocycles. The van der Waals surface area contributed by atoms with E-state index in [1.807, 2.05) is 23.5 Å². The van der Waals surface area contributed by atoms with Crippen LogP contribution in [0.15, 0.2) is 33.6 Å². The van der Waals surface area contributed by atoms with Gasteiger partial charge in [-0.05, 0) is 31.0 Å². The maximum Gasteiger partial charge on any atom is 0.230 e. The number of amides is 1. The van der Waals surface area contributed by atoms with Crippen LogP contribution in [0.4, 0.5) is 0 Å². The van der Waals surface area contributed by atoms with Crippen molar-refractivity contribution in [2.24, 2.45) is 0 Å². The van der Waals surface area contributed by atoms with Gasteiger partial charge in [0.15, 0.2) is 0 Å². The molecule has 2 rings (SSSR count). The minimum Gasteiger partial charge on any atom is -0.383 e. The third-order valence-electron chi connectivity index (χ3n) is 3.78. The predicted molar refractivity (Wildman–Crippen MR) is 103 cm³/mol. The van der Waals surface area contributed by atoms with Crippen LogP contribution in [0.2, 0.25) is 0 Å². The molecule has 1 aliphatic rings. The fourth-order valence-electron chi connectivity index (χ4n) is 2.63. The average Bonchev–Trinajstić information content (AvgIpc) is 2.54. The summed E-state index contributed by atoms with van der Waals surface area (Å²) >= 11 is 7.31. The number of benzene rings is 1. The molecule has 0 bridgehead atoms. The Morgan fingerprint density at radius 3 is 2.87 bits per heavy atom. The van der Waals surface area contributed by atoms with E-state index in [9.17, 15) is 4.79 Å². The van der Waals surface area contributed by atoms with Crippen molar-refractivity contribution < 1.29 is 9.53 Å². The van der Waals surface area contributed by atoms with Crippen molar-refractivity contribution in [3.63, 3.8) is 0 Å². The van der Waals surface area contributed by atoms with Gasteiger partial charge in [0.05, 0.1) is 12.4 Å². The molecule has 1 aromatic rings. The number of halogens is 1. The van der Waals surface area contributed by atoms with Crippen LogP contribution in [0.25, 0.3) is 0 Å². The zero-order valence-corrected chi connectivity index (χ0v) is 16.6. The highest BCUT2D eigenvalue weighted by Gasteiger charge is 2.27. The summed E-state index contributed by atoms with van der Waals surface area (Å²) in [6.45, 7) is 1.16. The monoisotopic (exact) mass is 417 g/mol. The molecule has 0 aliphatic heterocycles. The minimum absolute atomic E-state index is 0.115. The molecule has 3 nitrogen and oxygen atoms in total. The lowest BCUT2D eigenvalue weighted by Crippen LogP contribution is -2.31. The number of carbonyl (C=O) groups excluding carboxylic acids is 1. The van der Waals surface area contributed by atoms with Gasteiger partial charge in [0.25, 0.3) is 0 Å². The Morgan fingerprint density at radius 2 is 2.13 bits per heavy atom. The Balaban J connectivity index is 1.82. The highest BCUT2D eigenvalue weighted by Crippen LogP contribution is 2.39. The van der Waals surface area contributed by atoms with Crippen LogP contribution >= 0.6 is 39.5 Å². The number of hydrogen-bond donors (Lipinski definition) is 1. The number of carbonyl (C=O) groups is 1. The molecule has 0 saturated heterocycles. The highest BCUT2D eigenvalue weighted by atomic mass is 79.9. The Hall–Kier alpha value is -0.170. The first kappa shape index (κ1) is 19.2. The molecule has 1 aromatic carbocycles. The second-order valence-corrected chi connectivity index (χ2v) is 9.05. The summed E-state index contributed by atoms with van der Waals surface area (Å²) in [4.78, 5) is 13.2. The van der Waals surface area contributed by atoms with Crippen LogP contribution in [-0.4, -0.2) is 42.4 Å². The van der Waals surface area contributed by atoms with E-state index in [0.717, 1.165) is 4.47 Å². The maximum atomic E-state index is 11.9. The van der Waals surface area contributed by atoms with Crippen molar-refractivity contribution in [3.05, 3.63) is 28.7 Å². The molecule has 128 valence electrons. The smallest absolute Gasteiger partial charge is 0.230 e. The summed E-state index contributed by atoms with van der Waals surface area (Å²) in [7, 11) is 1.65. The zero-order valence-electron chi connectivity index (χ0n) is 13.4. The molecule has 2 atom stereocenters. The third kappa shape index (κ3) is 7.08. The first-order chi connectivity index (χ1) is 11.2. The van der Waals surface area contributed by atoms with E-state index in [0.29, 0.717) is 29.4 Å². The second-order valence-electron chi connectivity index (χ2n) is 5.59. The summed E-state index contributed by atoms with van der Waals surface area (Å²) in [5.74, 6) is 0.660. The minimum atomic E-state index is 0.115. The van der Waals surface area contributed by atoms with E-state index in [1.165, 1.54) is 30.6 Å². The molecule has 6 heteroatoms. The van der Waals surface area contributed by atoms with Crippen LogP contribution in [0, 0.1) is 0 Å². The molecule has 0 radical (unpaired) electrons. The van der Waals surface area contributed by atoms with Gasteiger partial charge in [0.2, 0.25) is 5.91 Å². The fraction of sp³-hybridized carbons (Fsp3) is 0.588. The number of ether oxygens (including phenoxy) is 1. The summed E-state index contributed by atoms with van der Waals surface area (Å²) in [6.07, 6.45) is 5.02. The lowest BCUT2D eigenvalue weighted by Gasteiger charge is -2.30. The van der Waals surface area contributed by atoms with E-state index >= 15 is 0 Å². The summed E-state index contributed by atoms with van der Waals surface area (Å²) in [6, 6.07) is 8.49. The normalized spacial score (nSPS) is 21.1. The highest BCUT2D eigenvalue weighted by molar-refractivity contribution is 9.10. The molecular formula is C17H24BrNO2S2. The van der Waals surface area contributed by atoms with Gasteiger partial charge in [-0.2, -0.15) is 0 Å². The zero-order chi connectivity index (χ0) is 16.5. The molecule has 0 spiro atoms. The standard InChI is InChI=1S/C17H24BrNO2S2/c1-21-10-9-19-17(20)12-22-15-7-2-3-8-16(15)23-14-6-4-5-13(18)11-14/h4-6,11,15-16H,2-3,7-10,12H2,1H3,(H,19,20). The predicted octanol–water partition coefficient (Wildman–Crippen LogP) is 4.35. The number of hydrogen-bond acceptors (Lipinski definition) is 4. The van der Waals surface area contributed by atoms with Gasteiger partial charge in [-0.25, -0.2) is 0 Å². The molecule has 1 aliphatic carbocycles. The largest absolute Gasteiger partial charge is 0.383 e. The summed E-state index contributed by atoms with van der Waals surface area (Å²) in [5.41, 5.74) is 0. The maximum absolute atomic E-state index is 11.9. The van der Waals surface area contributed by atoms with Gasteiger partial charge in [-0.3, -0.25) is 4.79 Å². The van der Waals surface area contributed by atoms with Crippen molar-refractivity contribution in [3.8, 4) is 0 Å². The molecule has 2 unspecified atom stereocenters. The number of rotatable bonds is 8. The van der Waals surface area contributed by atoms with E-state index in [-0.39, 0.29) is 5.91 Å². The SMILES string of the molecule is COCCNC(=O)CSC1CCCCC1Sc1cccc(Br)c1. The topological polar surface area (TPSA) is 38.3 Å².